The molecule has 0 saturated carbocycles. The average Bonchev–Trinajstić information content (AvgIpc) is 3.01. The molecule has 1 unspecified atom stereocenters. The van der Waals surface area contributed by atoms with E-state index < -0.39 is 41.3 Å². The molecular formula is C16H15F6N5O. The van der Waals surface area contributed by atoms with Crippen LogP contribution in [0.4, 0.5) is 26.3 Å². The van der Waals surface area contributed by atoms with E-state index in [9.17, 15) is 31.1 Å². The van der Waals surface area contributed by atoms with Gasteiger partial charge in [-0.15, -0.1) is 10.2 Å². The van der Waals surface area contributed by atoms with Crippen LogP contribution in [0.15, 0.2) is 12.1 Å². The number of fused-ring (bicyclic) bond motifs is 1. The fourth-order valence-electron chi connectivity index (χ4n) is 3.04. The van der Waals surface area contributed by atoms with Gasteiger partial charge < -0.3 is 10.3 Å². The number of Topliss-reactive ketones (excluding diaryl/α,β-unsaturated/α-hetero) is 1. The zero-order chi connectivity index (χ0) is 20.6. The number of hydrogen-bond donors (Lipinski definition) is 1. The van der Waals surface area contributed by atoms with E-state index in [1.54, 1.807) is 4.90 Å². The predicted molar refractivity (Wildman–Crippen MR) is 83.2 cm³/mol. The Hall–Kier alpha value is -2.47. The third-order valence-electron chi connectivity index (χ3n) is 4.37. The number of alkyl halides is 3. The SMILES string of the molecule is NC(CC(=O)CN1CCn2c(nnc2C(F)(F)F)C1)c1cc(F)c(F)cc1F. The molecule has 0 fully saturated rings. The maximum absolute atomic E-state index is 13.7. The Labute approximate surface area is 154 Å². The number of ketones is 1. The summed E-state index contributed by atoms with van der Waals surface area (Å²) in [4.78, 5) is 13.8. The van der Waals surface area contributed by atoms with Crippen LogP contribution in [0, 0.1) is 17.5 Å². The van der Waals surface area contributed by atoms with Gasteiger partial charge in [-0.05, 0) is 6.07 Å². The number of rotatable bonds is 5. The largest absolute Gasteiger partial charge is 0.451 e. The fraction of sp³-hybridized carbons (Fsp3) is 0.438. The summed E-state index contributed by atoms with van der Waals surface area (Å²) in [6.07, 6.45) is -4.97. The molecule has 152 valence electrons. The van der Waals surface area contributed by atoms with Gasteiger partial charge in [-0.2, -0.15) is 13.2 Å². The van der Waals surface area contributed by atoms with Gasteiger partial charge in [0.15, 0.2) is 11.6 Å². The quantitative estimate of drug-likeness (QED) is 0.608. The van der Waals surface area contributed by atoms with E-state index in [0.717, 1.165) is 4.57 Å². The van der Waals surface area contributed by atoms with E-state index >= 15 is 0 Å². The summed E-state index contributed by atoms with van der Waals surface area (Å²) in [6, 6.07) is -0.233. The van der Waals surface area contributed by atoms with Gasteiger partial charge in [0.1, 0.15) is 17.4 Å². The second-order valence-electron chi connectivity index (χ2n) is 6.44. The highest BCUT2D eigenvalue weighted by Crippen LogP contribution is 2.29. The Bertz CT molecular complexity index is 896. The number of nitrogens with two attached hydrogens (primary N) is 1. The lowest BCUT2D eigenvalue weighted by Crippen LogP contribution is -2.39. The van der Waals surface area contributed by atoms with Crippen molar-refractivity contribution in [2.45, 2.75) is 31.7 Å². The molecule has 1 aromatic heterocycles. The van der Waals surface area contributed by atoms with Crippen molar-refractivity contribution in [3.05, 3.63) is 46.8 Å². The van der Waals surface area contributed by atoms with Crippen LogP contribution < -0.4 is 5.73 Å². The number of carbonyl (C=O) groups excluding carboxylic acids is 1. The minimum atomic E-state index is -4.62. The smallest absolute Gasteiger partial charge is 0.323 e. The highest BCUT2D eigenvalue weighted by molar-refractivity contribution is 5.81. The van der Waals surface area contributed by atoms with Crippen molar-refractivity contribution in [1.82, 2.24) is 19.7 Å². The Morgan fingerprint density at radius 2 is 1.79 bits per heavy atom. The molecule has 6 nitrogen and oxygen atoms in total. The monoisotopic (exact) mass is 407 g/mol. The predicted octanol–water partition coefficient (Wildman–Crippen LogP) is 2.19. The number of aromatic nitrogens is 3. The summed E-state index contributed by atoms with van der Waals surface area (Å²) in [6.45, 7) is -0.0836. The van der Waals surface area contributed by atoms with Crippen LogP contribution in [-0.2, 0) is 24.1 Å². The van der Waals surface area contributed by atoms with E-state index in [2.05, 4.69) is 10.2 Å². The zero-order valence-corrected chi connectivity index (χ0v) is 14.3. The van der Waals surface area contributed by atoms with Gasteiger partial charge >= 0.3 is 6.18 Å². The van der Waals surface area contributed by atoms with Crippen molar-refractivity contribution in [1.29, 1.82) is 0 Å². The molecule has 0 spiro atoms. The van der Waals surface area contributed by atoms with Crippen molar-refractivity contribution < 1.29 is 31.1 Å². The van der Waals surface area contributed by atoms with Gasteiger partial charge in [0, 0.05) is 37.2 Å². The molecule has 2 aromatic rings. The molecule has 0 aliphatic carbocycles. The normalized spacial score (nSPS) is 16.1. The molecule has 1 aromatic carbocycles. The van der Waals surface area contributed by atoms with Crippen LogP contribution in [0.3, 0.4) is 0 Å². The van der Waals surface area contributed by atoms with E-state index in [0.29, 0.717) is 12.1 Å². The van der Waals surface area contributed by atoms with Crippen LogP contribution in [0.2, 0.25) is 0 Å². The summed E-state index contributed by atoms with van der Waals surface area (Å²) in [5, 5.41) is 6.65. The minimum absolute atomic E-state index is 0.0242. The van der Waals surface area contributed by atoms with Gasteiger partial charge in [0.05, 0.1) is 13.1 Å². The summed E-state index contributed by atoms with van der Waals surface area (Å²) >= 11 is 0. The molecule has 1 atom stereocenters. The molecule has 1 aliphatic rings. The third kappa shape index (κ3) is 4.17. The highest BCUT2D eigenvalue weighted by atomic mass is 19.4. The first-order valence-electron chi connectivity index (χ1n) is 8.19. The van der Waals surface area contributed by atoms with Gasteiger partial charge in [-0.1, -0.05) is 0 Å². The van der Waals surface area contributed by atoms with Gasteiger partial charge in [0.25, 0.3) is 0 Å². The van der Waals surface area contributed by atoms with Crippen molar-refractivity contribution in [2.75, 3.05) is 13.1 Å². The molecule has 0 bridgehead atoms. The maximum Gasteiger partial charge on any atom is 0.451 e. The number of carbonyl (C=O) groups is 1. The number of hydrogen-bond acceptors (Lipinski definition) is 5. The lowest BCUT2D eigenvalue weighted by atomic mass is 10.0. The molecule has 2 heterocycles. The van der Waals surface area contributed by atoms with E-state index in [-0.39, 0.29) is 44.0 Å². The Kier molecular flexibility index (Phi) is 5.44. The van der Waals surface area contributed by atoms with Crippen LogP contribution >= 0.6 is 0 Å². The molecule has 0 radical (unpaired) electrons. The van der Waals surface area contributed by atoms with Crippen LogP contribution in [-0.4, -0.2) is 38.5 Å². The second-order valence-corrected chi connectivity index (χ2v) is 6.44. The van der Waals surface area contributed by atoms with Crippen LogP contribution in [0.1, 0.15) is 29.7 Å². The van der Waals surface area contributed by atoms with Gasteiger partial charge in [-0.3, -0.25) is 9.69 Å². The van der Waals surface area contributed by atoms with Gasteiger partial charge in [-0.25, -0.2) is 13.2 Å². The Balaban J connectivity index is 1.62. The summed E-state index contributed by atoms with van der Waals surface area (Å²) < 4.78 is 79.4. The first-order valence-corrected chi connectivity index (χ1v) is 8.19. The van der Waals surface area contributed by atoms with E-state index in [4.69, 9.17) is 5.73 Å². The molecular weight excluding hydrogens is 392 g/mol. The first kappa shape index (κ1) is 20.3. The number of benzene rings is 1. The van der Waals surface area contributed by atoms with Crippen molar-refractivity contribution in [3.8, 4) is 0 Å². The fourth-order valence-corrected chi connectivity index (χ4v) is 3.04. The molecule has 0 amide bonds. The average molecular weight is 407 g/mol. The van der Waals surface area contributed by atoms with Crippen molar-refractivity contribution >= 4 is 5.78 Å². The maximum atomic E-state index is 13.7. The lowest BCUT2D eigenvalue weighted by Gasteiger charge is -2.27. The standard InChI is InChI=1S/C16H15F6N5O/c17-10-5-12(19)11(18)4-9(10)13(23)3-8(28)6-26-1-2-27-14(7-26)24-25-15(27)16(20,21)22/h4-5,13H,1-3,6-7,23H2. The number of nitrogens with zero attached hydrogens (tertiary/aromatic N) is 4. The summed E-state index contributed by atoms with van der Waals surface area (Å²) in [5.74, 6) is -5.16. The number of halogens is 6. The third-order valence-corrected chi connectivity index (χ3v) is 4.37. The minimum Gasteiger partial charge on any atom is -0.323 e. The summed E-state index contributed by atoms with van der Waals surface area (Å²) in [7, 11) is 0. The van der Waals surface area contributed by atoms with Gasteiger partial charge in [0.2, 0.25) is 5.82 Å². The van der Waals surface area contributed by atoms with Crippen LogP contribution in [0.5, 0.6) is 0 Å². The molecule has 12 heteroatoms. The van der Waals surface area contributed by atoms with E-state index in [1.807, 2.05) is 0 Å². The zero-order valence-electron chi connectivity index (χ0n) is 14.3. The Morgan fingerprint density at radius 3 is 2.46 bits per heavy atom. The lowest BCUT2D eigenvalue weighted by molar-refractivity contribution is -0.148. The summed E-state index contributed by atoms with van der Waals surface area (Å²) in [5.41, 5.74) is 5.40. The van der Waals surface area contributed by atoms with Crippen molar-refractivity contribution in [2.24, 2.45) is 5.73 Å². The van der Waals surface area contributed by atoms with Crippen molar-refractivity contribution in [3.63, 3.8) is 0 Å². The molecule has 28 heavy (non-hydrogen) atoms. The first-order chi connectivity index (χ1) is 13.1. The topological polar surface area (TPSA) is 77.0 Å². The molecule has 2 N–H and O–H groups in total. The Morgan fingerprint density at radius 1 is 1.11 bits per heavy atom. The second kappa shape index (κ2) is 7.51. The molecule has 1 aliphatic heterocycles. The highest BCUT2D eigenvalue weighted by Gasteiger charge is 2.39. The van der Waals surface area contributed by atoms with E-state index in [1.165, 1.54) is 0 Å². The van der Waals surface area contributed by atoms with Crippen LogP contribution in [0.25, 0.3) is 0 Å². The molecule has 3 rings (SSSR count). The molecule has 0 saturated heterocycles.